The van der Waals surface area contributed by atoms with Crippen LogP contribution in [0.3, 0.4) is 0 Å². The maximum atomic E-state index is 13.7. The number of hydrogen-bond acceptors (Lipinski definition) is 6. The van der Waals surface area contributed by atoms with Crippen LogP contribution in [-0.4, -0.2) is 60.3 Å². The highest BCUT2D eigenvalue weighted by molar-refractivity contribution is 7.92. The Kier molecular flexibility index (Phi) is 7.82. The van der Waals surface area contributed by atoms with E-state index in [9.17, 15) is 13.2 Å². The summed E-state index contributed by atoms with van der Waals surface area (Å²) in [6.07, 6.45) is 8.52. The second-order valence-electron chi connectivity index (χ2n) is 11.9. The van der Waals surface area contributed by atoms with Crippen molar-refractivity contribution in [1.82, 2.24) is 9.55 Å². The lowest BCUT2D eigenvalue weighted by atomic mass is 9.96. The number of aromatic nitrogens is 2. The number of benzene rings is 3. The molecular formula is C34H37N6O4S+. The number of hydrogen-bond donors (Lipinski definition) is 2. The molecule has 0 radical (unpaired) electrons. The van der Waals surface area contributed by atoms with Crippen LogP contribution in [0.25, 0.3) is 5.69 Å². The molecule has 2 heterocycles. The zero-order valence-electron chi connectivity index (χ0n) is 26.0. The van der Waals surface area contributed by atoms with Crippen molar-refractivity contribution >= 4 is 39.2 Å². The highest BCUT2D eigenvalue weighted by Gasteiger charge is 2.40. The van der Waals surface area contributed by atoms with Gasteiger partial charge in [-0.1, -0.05) is 43.3 Å². The summed E-state index contributed by atoms with van der Waals surface area (Å²) in [5.74, 6) is -0.101. The quantitative estimate of drug-likeness (QED) is 0.227. The number of imidazole rings is 1. The molecule has 2 N–H and O–H groups in total. The highest BCUT2D eigenvalue weighted by Crippen LogP contribution is 2.50. The maximum absolute atomic E-state index is 13.7. The van der Waals surface area contributed by atoms with E-state index in [0.717, 1.165) is 59.4 Å². The summed E-state index contributed by atoms with van der Waals surface area (Å²) in [5.41, 5.74) is 6.60. The lowest BCUT2D eigenvalue weighted by molar-refractivity contribution is -0.562. The molecule has 4 aromatic rings. The topological polar surface area (TPSA) is 118 Å². The fraction of sp³-hybridized carbons (Fsp3) is 0.294. The molecule has 1 aliphatic carbocycles. The number of methoxy groups -OCH3 is 1. The first kappa shape index (κ1) is 30.3. The van der Waals surface area contributed by atoms with Crippen LogP contribution in [-0.2, 0) is 15.4 Å². The molecule has 0 bridgehead atoms. The van der Waals surface area contributed by atoms with Crippen LogP contribution < -0.4 is 14.8 Å². The van der Waals surface area contributed by atoms with E-state index >= 15 is 0 Å². The molecule has 232 valence electrons. The van der Waals surface area contributed by atoms with Crippen molar-refractivity contribution in [2.24, 2.45) is 4.99 Å². The fourth-order valence-electron chi connectivity index (χ4n) is 5.73. The van der Waals surface area contributed by atoms with Crippen LogP contribution in [0.1, 0.15) is 65.6 Å². The first-order valence-electron chi connectivity index (χ1n) is 14.9. The predicted molar refractivity (Wildman–Crippen MR) is 177 cm³/mol. The molecule has 1 amide bonds. The average Bonchev–Trinajstić information content (AvgIpc) is 3.38. The third-order valence-corrected chi connectivity index (χ3v) is 9.10. The molecule has 1 saturated carbocycles. The smallest absolute Gasteiger partial charge is 0.272 e. The van der Waals surface area contributed by atoms with E-state index in [2.05, 4.69) is 40.6 Å². The molecule has 11 heteroatoms. The number of carbonyl (C=O) groups is 1. The minimum absolute atomic E-state index is 0.0770. The van der Waals surface area contributed by atoms with Crippen molar-refractivity contribution in [2.45, 2.75) is 45.2 Å². The van der Waals surface area contributed by atoms with Crippen molar-refractivity contribution in [3.63, 3.8) is 0 Å². The Balaban J connectivity index is 1.30. The first-order valence-corrected chi connectivity index (χ1v) is 16.8. The van der Waals surface area contributed by atoms with E-state index in [1.165, 1.54) is 7.11 Å². The Morgan fingerprint density at radius 3 is 2.51 bits per heavy atom. The Bertz CT molecular complexity index is 1960. The van der Waals surface area contributed by atoms with E-state index in [-0.39, 0.29) is 23.2 Å². The monoisotopic (exact) mass is 625 g/mol. The van der Waals surface area contributed by atoms with Gasteiger partial charge in [0.2, 0.25) is 15.7 Å². The Labute approximate surface area is 263 Å². The van der Waals surface area contributed by atoms with Gasteiger partial charge in [-0.25, -0.2) is 18.4 Å². The minimum atomic E-state index is -3.58. The average molecular weight is 626 g/mol. The van der Waals surface area contributed by atoms with E-state index in [0.29, 0.717) is 16.9 Å². The van der Waals surface area contributed by atoms with Crippen molar-refractivity contribution in [3.8, 4) is 11.4 Å². The van der Waals surface area contributed by atoms with Gasteiger partial charge in [0, 0.05) is 17.3 Å². The minimum Gasteiger partial charge on any atom is -0.492 e. The van der Waals surface area contributed by atoms with Crippen LogP contribution in [0.5, 0.6) is 5.75 Å². The van der Waals surface area contributed by atoms with Crippen molar-refractivity contribution in [2.75, 3.05) is 29.9 Å². The van der Waals surface area contributed by atoms with E-state index in [1.807, 2.05) is 60.3 Å². The third kappa shape index (κ3) is 6.12. The summed E-state index contributed by atoms with van der Waals surface area (Å²) >= 11 is 0. The molecule has 0 saturated heterocycles. The normalized spacial score (nSPS) is 17.0. The van der Waals surface area contributed by atoms with Crippen molar-refractivity contribution in [3.05, 3.63) is 101 Å². The number of sulfonamides is 1. The lowest BCUT2D eigenvalue weighted by Crippen LogP contribution is -2.21. The third-order valence-electron chi connectivity index (χ3n) is 8.51. The SMILES string of the molecule is CC[N+]1=C(c2cn(-c3cc(C(=O)Nc4cc(C5(C)CC5)cc(NS(C)(=O)=O)c4OC)ccc3C)cn2)C=NC1c1ccccc1. The van der Waals surface area contributed by atoms with Crippen LogP contribution in [0.2, 0.25) is 0 Å². The molecule has 6 rings (SSSR count). The number of ether oxygens (including phenoxy) is 1. The van der Waals surface area contributed by atoms with Gasteiger partial charge in [0.15, 0.2) is 11.4 Å². The number of aryl methyl sites for hydroxylation is 1. The molecule has 3 aromatic carbocycles. The van der Waals surface area contributed by atoms with Gasteiger partial charge in [-0.05, 0) is 67.5 Å². The molecule has 10 nitrogen and oxygen atoms in total. The molecule has 2 aliphatic rings. The van der Waals surface area contributed by atoms with Gasteiger partial charge in [-0.15, -0.1) is 0 Å². The van der Waals surface area contributed by atoms with Gasteiger partial charge in [0.05, 0.1) is 30.4 Å². The number of nitrogens with one attached hydrogen (secondary N) is 2. The Morgan fingerprint density at radius 1 is 1.11 bits per heavy atom. The molecule has 0 spiro atoms. The molecular weight excluding hydrogens is 588 g/mol. The van der Waals surface area contributed by atoms with Gasteiger partial charge >= 0.3 is 0 Å². The number of carbonyl (C=O) groups excluding carboxylic acids is 1. The maximum Gasteiger partial charge on any atom is 0.272 e. The van der Waals surface area contributed by atoms with Gasteiger partial charge in [-0.2, -0.15) is 4.58 Å². The molecule has 1 aliphatic heterocycles. The summed E-state index contributed by atoms with van der Waals surface area (Å²) in [6.45, 7) is 6.97. The predicted octanol–water partition coefficient (Wildman–Crippen LogP) is 5.47. The number of nitrogens with zero attached hydrogens (tertiary/aromatic N) is 4. The fourth-order valence-corrected chi connectivity index (χ4v) is 6.28. The highest BCUT2D eigenvalue weighted by atomic mass is 32.2. The lowest BCUT2D eigenvalue weighted by Gasteiger charge is -2.20. The van der Waals surface area contributed by atoms with Crippen LogP contribution in [0.15, 0.2) is 78.2 Å². The second kappa shape index (κ2) is 11.6. The van der Waals surface area contributed by atoms with Crippen molar-refractivity contribution < 1.29 is 22.5 Å². The van der Waals surface area contributed by atoms with Gasteiger partial charge in [0.25, 0.3) is 12.1 Å². The first-order chi connectivity index (χ1) is 21.5. The van der Waals surface area contributed by atoms with Gasteiger partial charge in [-0.3, -0.25) is 9.52 Å². The summed E-state index contributed by atoms with van der Waals surface area (Å²) < 4.78 is 36.5. The molecule has 45 heavy (non-hydrogen) atoms. The summed E-state index contributed by atoms with van der Waals surface area (Å²) in [7, 11) is -2.13. The van der Waals surface area contributed by atoms with E-state index in [4.69, 9.17) is 14.7 Å². The molecule has 1 unspecified atom stereocenters. The summed E-state index contributed by atoms with van der Waals surface area (Å²) in [4.78, 5) is 23.1. The number of rotatable bonds is 10. The Morgan fingerprint density at radius 2 is 1.84 bits per heavy atom. The van der Waals surface area contributed by atoms with E-state index in [1.54, 1.807) is 18.5 Å². The molecule has 1 fully saturated rings. The van der Waals surface area contributed by atoms with Crippen LogP contribution >= 0.6 is 0 Å². The number of amides is 1. The summed E-state index contributed by atoms with van der Waals surface area (Å²) in [5, 5.41) is 2.97. The van der Waals surface area contributed by atoms with Gasteiger partial charge < -0.3 is 14.6 Å². The Hall–Kier alpha value is -4.77. The largest absolute Gasteiger partial charge is 0.492 e. The number of anilines is 2. The number of aliphatic imine (C=N–C) groups is 1. The van der Waals surface area contributed by atoms with E-state index < -0.39 is 10.0 Å². The van der Waals surface area contributed by atoms with Crippen molar-refractivity contribution in [1.29, 1.82) is 0 Å². The standard InChI is InChI=1S/C34H36N6O4S/c1-6-40-30(19-35-32(40)23-10-8-7-9-11-23)28-20-39(21-36-28)29-16-24(13-12-22(29)2)33(41)37-26-17-25(34(3)14-15-34)18-27(31(26)44-4)38-45(5,42)43/h7-13,16-21,32,38H,6,14-15H2,1-5H3/p+1. The van der Waals surface area contributed by atoms with Crippen LogP contribution in [0, 0.1) is 6.92 Å². The zero-order chi connectivity index (χ0) is 31.9. The second-order valence-corrected chi connectivity index (χ2v) is 13.6. The summed E-state index contributed by atoms with van der Waals surface area (Å²) in [6, 6.07) is 19.3. The molecule has 1 atom stereocenters. The van der Waals surface area contributed by atoms with Crippen LogP contribution in [0.4, 0.5) is 11.4 Å². The zero-order valence-corrected chi connectivity index (χ0v) is 26.9. The van der Waals surface area contributed by atoms with Gasteiger partial charge in [0.1, 0.15) is 19.1 Å². The molecule has 1 aromatic heterocycles.